The molecule has 1 aromatic carbocycles. The Labute approximate surface area is 153 Å². The number of non-ortho nitro benzene ring substituents is 1. The summed E-state index contributed by atoms with van der Waals surface area (Å²) in [5.74, 6) is 2.34. The van der Waals surface area contributed by atoms with Gasteiger partial charge in [0.2, 0.25) is 10.0 Å². The van der Waals surface area contributed by atoms with Crippen molar-refractivity contribution in [3.63, 3.8) is 0 Å². The largest absolute Gasteiger partial charge is 0.374 e. The van der Waals surface area contributed by atoms with Crippen molar-refractivity contribution in [2.24, 2.45) is 17.8 Å². The van der Waals surface area contributed by atoms with Crippen molar-refractivity contribution in [2.75, 3.05) is 13.2 Å². The van der Waals surface area contributed by atoms with Gasteiger partial charge in [-0.1, -0.05) is 6.07 Å². The number of nitrogens with one attached hydrogen (secondary N) is 1. The van der Waals surface area contributed by atoms with Crippen LogP contribution in [0.1, 0.15) is 38.5 Å². The highest BCUT2D eigenvalue weighted by molar-refractivity contribution is 7.89. The minimum atomic E-state index is -3.78. The summed E-state index contributed by atoms with van der Waals surface area (Å²) in [6.07, 6.45) is 7.33. The van der Waals surface area contributed by atoms with Gasteiger partial charge in [-0.05, 0) is 62.3 Å². The van der Waals surface area contributed by atoms with E-state index < -0.39 is 14.9 Å². The Bertz CT molecular complexity index is 772. The normalized spacial score (nSPS) is 32.7. The molecule has 4 aliphatic carbocycles. The molecule has 26 heavy (non-hydrogen) atoms. The van der Waals surface area contributed by atoms with Gasteiger partial charge in [-0.15, -0.1) is 0 Å². The zero-order chi connectivity index (χ0) is 18.4. The van der Waals surface area contributed by atoms with Crippen LogP contribution < -0.4 is 4.72 Å². The molecule has 0 atom stereocenters. The maximum absolute atomic E-state index is 12.3. The van der Waals surface area contributed by atoms with Gasteiger partial charge in [0, 0.05) is 18.7 Å². The van der Waals surface area contributed by atoms with Gasteiger partial charge in [0.1, 0.15) is 0 Å². The molecule has 0 radical (unpaired) electrons. The number of nitro groups is 1. The highest BCUT2D eigenvalue weighted by Crippen LogP contribution is 2.57. The van der Waals surface area contributed by atoms with Gasteiger partial charge < -0.3 is 4.74 Å². The van der Waals surface area contributed by atoms with Gasteiger partial charge in [0.15, 0.2) is 0 Å². The van der Waals surface area contributed by atoms with Crippen molar-refractivity contribution in [3.8, 4) is 0 Å². The first-order valence-electron chi connectivity index (χ1n) is 9.23. The minimum absolute atomic E-state index is 0.0499. The lowest BCUT2D eigenvalue weighted by Gasteiger charge is -2.56. The average molecular weight is 380 g/mol. The molecule has 4 fully saturated rings. The van der Waals surface area contributed by atoms with Crippen LogP contribution in [-0.2, 0) is 14.8 Å². The number of ether oxygens (including phenoxy) is 1. The molecule has 4 saturated carbocycles. The molecule has 5 rings (SSSR count). The van der Waals surface area contributed by atoms with E-state index in [2.05, 4.69) is 4.72 Å². The topological polar surface area (TPSA) is 98.5 Å². The third-order valence-corrected chi connectivity index (χ3v) is 7.58. The molecule has 0 heterocycles. The molecule has 8 heteroatoms. The predicted octanol–water partition coefficient (Wildman–Crippen LogP) is 2.86. The van der Waals surface area contributed by atoms with Crippen LogP contribution in [0.25, 0.3) is 0 Å². The van der Waals surface area contributed by atoms with Gasteiger partial charge in [-0.2, -0.15) is 0 Å². The van der Waals surface area contributed by atoms with Crippen molar-refractivity contribution in [1.82, 2.24) is 4.72 Å². The van der Waals surface area contributed by atoms with Crippen LogP contribution >= 0.6 is 0 Å². The molecule has 0 aromatic heterocycles. The number of sulfonamides is 1. The second-order valence-corrected chi connectivity index (χ2v) is 9.87. The summed E-state index contributed by atoms with van der Waals surface area (Å²) in [7, 11) is -3.78. The molecule has 4 aliphatic rings. The predicted molar refractivity (Wildman–Crippen MR) is 95.1 cm³/mol. The molecule has 1 N–H and O–H groups in total. The lowest BCUT2D eigenvalue weighted by Crippen LogP contribution is -2.52. The second kappa shape index (κ2) is 6.58. The maximum atomic E-state index is 12.3. The standard InChI is InChI=1S/C18H24N2O5S/c21-20(22)16-2-1-3-17(9-16)26(23,24)19-4-5-25-18-10-13-6-14(11-18)8-15(7-13)12-18/h1-3,9,13-15,19H,4-8,10-12H2. The number of benzene rings is 1. The first kappa shape index (κ1) is 17.9. The Morgan fingerprint density at radius 3 is 2.35 bits per heavy atom. The maximum Gasteiger partial charge on any atom is 0.270 e. The summed E-state index contributed by atoms with van der Waals surface area (Å²) in [6, 6.07) is 5.07. The first-order valence-corrected chi connectivity index (χ1v) is 10.7. The highest BCUT2D eigenvalue weighted by Gasteiger charge is 2.51. The number of hydrogen-bond acceptors (Lipinski definition) is 5. The summed E-state index contributed by atoms with van der Waals surface area (Å²) in [5.41, 5.74) is -0.288. The summed E-state index contributed by atoms with van der Waals surface area (Å²) in [5, 5.41) is 10.8. The van der Waals surface area contributed by atoms with Crippen molar-refractivity contribution in [2.45, 2.75) is 49.0 Å². The molecule has 0 spiro atoms. The first-order chi connectivity index (χ1) is 12.4. The van der Waals surface area contributed by atoms with Crippen LogP contribution in [0.4, 0.5) is 5.69 Å². The fourth-order valence-corrected chi connectivity index (χ4v) is 6.55. The van der Waals surface area contributed by atoms with Crippen LogP contribution in [0, 0.1) is 27.9 Å². The van der Waals surface area contributed by atoms with E-state index in [4.69, 9.17) is 4.74 Å². The van der Waals surface area contributed by atoms with E-state index in [1.807, 2.05) is 0 Å². The van der Waals surface area contributed by atoms with Gasteiger partial charge in [-0.3, -0.25) is 10.1 Å². The smallest absolute Gasteiger partial charge is 0.270 e. The van der Waals surface area contributed by atoms with Crippen LogP contribution in [0.2, 0.25) is 0 Å². The molecule has 142 valence electrons. The Morgan fingerprint density at radius 1 is 1.15 bits per heavy atom. The number of hydrogen-bond donors (Lipinski definition) is 1. The number of nitrogens with zero attached hydrogens (tertiary/aromatic N) is 1. The van der Waals surface area contributed by atoms with Crippen LogP contribution in [0.15, 0.2) is 29.2 Å². The van der Waals surface area contributed by atoms with Crippen LogP contribution in [0.3, 0.4) is 0 Å². The molecule has 7 nitrogen and oxygen atoms in total. The Hall–Kier alpha value is -1.51. The van der Waals surface area contributed by atoms with E-state index in [9.17, 15) is 18.5 Å². The van der Waals surface area contributed by atoms with Crippen LogP contribution in [-0.4, -0.2) is 32.1 Å². The molecule has 4 bridgehead atoms. The van der Waals surface area contributed by atoms with E-state index >= 15 is 0 Å². The van der Waals surface area contributed by atoms with Gasteiger partial charge in [0.25, 0.3) is 5.69 Å². The monoisotopic (exact) mass is 380 g/mol. The van der Waals surface area contributed by atoms with Crippen molar-refractivity contribution in [1.29, 1.82) is 0 Å². The average Bonchev–Trinajstić information content (AvgIpc) is 2.58. The molecular formula is C18H24N2O5S. The zero-order valence-corrected chi connectivity index (χ0v) is 15.4. The van der Waals surface area contributed by atoms with Crippen molar-refractivity contribution in [3.05, 3.63) is 34.4 Å². The van der Waals surface area contributed by atoms with Crippen molar-refractivity contribution >= 4 is 15.7 Å². The second-order valence-electron chi connectivity index (χ2n) is 8.10. The minimum Gasteiger partial charge on any atom is -0.374 e. The van der Waals surface area contributed by atoms with E-state index in [1.54, 1.807) is 0 Å². The quantitative estimate of drug-likeness (QED) is 0.445. The molecule has 1 aromatic rings. The summed E-state index contributed by atoms with van der Waals surface area (Å²) < 4.78 is 33.4. The zero-order valence-electron chi connectivity index (χ0n) is 14.6. The molecule has 0 amide bonds. The van der Waals surface area contributed by atoms with Crippen LogP contribution in [0.5, 0.6) is 0 Å². The SMILES string of the molecule is O=[N+]([O-])c1cccc(S(=O)(=O)NCCOC23CC4CC(CC(C4)C2)C3)c1. The fourth-order valence-electron chi connectivity index (χ4n) is 5.50. The van der Waals surface area contributed by atoms with Gasteiger partial charge in [0.05, 0.1) is 22.0 Å². The van der Waals surface area contributed by atoms with Gasteiger partial charge >= 0.3 is 0 Å². The molecule has 0 unspecified atom stereocenters. The number of rotatable bonds is 7. The van der Waals surface area contributed by atoms with E-state index in [1.165, 1.54) is 37.5 Å². The summed E-state index contributed by atoms with van der Waals surface area (Å²) in [6.45, 7) is 0.507. The van der Waals surface area contributed by atoms with E-state index in [0.29, 0.717) is 6.61 Å². The lowest BCUT2D eigenvalue weighted by molar-refractivity contribution is -0.385. The Morgan fingerprint density at radius 2 is 1.77 bits per heavy atom. The number of nitro benzene ring substituents is 1. The Kier molecular flexibility index (Phi) is 4.53. The van der Waals surface area contributed by atoms with E-state index in [0.717, 1.165) is 43.1 Å². The third-order valence-electron chi connectivity index (χ3n) is 6.12. The molecule has 0 aliphatic heterocycles. The lowest BCUT2D eigenvalue weighted by atomic mass is 9.54. The molecular weight excluding hydrogens is 356 g/mol. The summed E-state index contributed by atoms with van der Waals surface area (Å²) in [4.78, 5) is 10.1. The Balaban J connectivity index is 1.33. The summed E-state index contributed by atoms with van der Waals surface area (Å²) >= 11 is 0. The molecule has 0 saturated heterocycles. The highest BCUT2D eigenvalue weighted by atomic mass is 32.2. The van der Waals surface area contributed by atoms with E-state index in [-0.39, 0.29) is 22.7 Å². The fraction of sp³-hybridized carbons (Fsp3) is 0.667. The van der Waals surface area contributed by atoms with Crippen molar-refractivity contribution < 1.29 is 18.1 Å². The van der Waals surface area contributed by atoms with Gasteiger partial charge in [-0.25, -0.2) is 13.1 Å². The third kappa shape index (κ3) is 3.50.